The number of aromatic nitrogens is 2. The molecule has 1 aliphatic rings. The number of carbonyl (C=O) groups excluding carboxylic acids is 2. The lowest BCUT2D eigenvalue weighted by Crippen LogP contribution is -2.50. The molecule has 1 aromatic carbocycles. The molecule has 0 saturated carbocycles. The molecule has 2 aromatic rings. The van der Waals surface area contributed by atoms with Crippen molar-refractivity contribution in [2.24, 2.45) is 0 Å². The highest BCUT2D eigenvalue weighted by atomic mass is 35.5. The predicted molar refractivity (Wildman–Crippen MR) is 98.8 cm³/mol. The number of piperazine rings is 1. The highest BCUT2D eigenvalue weighted by Gasteiger charge is 2.26. The minimum absolute atomic E-state index is 0.167. The first-order valence-electron chi connectivity index (χ1n) is 8.69. The molecule has 2 amide bonds. The first-order valence-corrected chi connectivity index (χ1v) is 9.07. The lowest BCUT2D eigenvalue weighted by molar-refractivity contribution is 0.0564. The van der Waals surface area contributed by atoms with Gasteiger partial charge in [0.05, 0.1) is 6.61 Å². The fourth-order valence-corrected chi connectivity index (χ4v) is 2.89. The number of rotatable bonds is 5. The molecule has 1 aliphatic heterocycles. The van der Waals surface area contributed by atoms with Gasteiger partial charge in [-0.1, -0.05) is 17.7 Å². The van der Waals surface area contributed by atoms with E-state index in [9.17, 15) is 9.59 Å². The molecule has 0 atom stereocenters. The van der Waals surface area contributed by atoms with Crippen LogP contribution in [0, 0.1) is 0 Å². The van der Waals surface area contributed by atoms with Crippen molar-refractivity contribution in [2.45, 2.75) is 13.7 Å². The van der Waals surface area contributed by atoms with Crippen LogP contribution in [0.4, 0.5) is 4.79 Å². The van der Waals surface area contributed by atoms with E-state index in [1.807, 2.05) is 0 Å². The molecule has 0 bridgehead atoms. The van der Waals surface area contributed by atoms with Crippen molar-refractivity contribution in [2.75, 3.05) is 32.8 Å². The van der Waals surface area contributed by atoms with Gasteiger partial charge in [-0.25, -0.2) is 9.48 Å². The minimum atomic E-state index is -0.341. The van der Waals surface area contributed by atoms with Gasteiger partial charge in [0.15, 0.2) is 12.4 Å². The van der Waals surface area contributed by atoms with Gasteiger partial charge in [-0.05, 0) is 31.2 Å². The fourth-order valence-electron chi connectivity index (χ4n) is 2.71. The van der Waals surface area contributed by atoms with Crippen LogP contribution in [0.15, 0.2) is 36.5 Å². The Morgan fingerprint density at radius 1 is 1.15 bits per heavy atom. The lowest BCUT2D eigenvalue weighted by atomic mass is 10.3. The molecule has 1 saturated heterocycles. The Balaban J connectivity index is 1.52. The summed E-state index contributed by atoms with van der Waals surface area (Å²) in [5.74, 6) is 0.459. The largest absolute Gasteiger partial charge is 0.471 e. The lowest BCUT2D eigenvalue weighted by Gasteiger charge is -2.33. The van der Waals surface area contributed by atoms with Gasteiger partial charge in [0.1, 0.15) is 5.75 Å². The standard InChI is InChI=1S/C18H21ClN4O4/c1-2-26-18(25)22-10-8-21(9-11-22)17(24)16-6-7-23(20-16)13-27-15-5-3-4-14(19)12-15/h3-7,12H,2,8-11,13H2,1H3. The number of ether oxygens (including phenoxy) is 2. The molecule has 1 fully saturated rings. The predicted octanol–water partition coefficient (Wildman–Crippen LogP) is 2.49. The maximum Gasteiger partial charge on any atom is 0.409 e. The van der Waals surface area contributed by atoms with Crippen LogP contribution in [0.1, 0.15) is 17.4 Å². The highest BCUT2D eigenvalue weighted by Crippen LogP contribution is 2.17. The normalized spacial score (nSPS) is 14.1. The molecule has 0 radical (unpaired) electrons. The van der Waals surface area contributed by atoms with Crippen LogP contribution in [0.25, 0.3) is 0 Å². The highest BCUT2D eigenvalue weighted by molar-refractivity contribution is 6.30. The number of carbonyl (C=O) groups is 2. The number of hydrogen-bond acceptors (Lipinski definition) is 5. The van der Waals surface area contributed by atoms with E-state index in [2.05, 4.69) is 5.10 Å². The van der Waals surface area contributed by atoms with Crippen molar-refractivity contribution in [3.05, 3.63) is 47.2 Å². The molecule has 0 unspecified atom stereocenters. The van der Waals surface area contributed by atoms with Gasteiger partial charge in [-0.2, -0.15) is 5.10 Å². The average Bonchev–Trinajstić information content (AvgIpc) is 3.15. The number of halogens is 1. The molecule has 27 heavy (non-hydrogen) atoms. The first kappa shape index (κ1) is 19.0. The van der Waals surface area contributed by atoms with E-state index in [4.69, 9.17) is 21.1 Å². The van der Waals surface area contributed by atoms with Crippen molar-refractivity contribution in [3.8, 4) is 5.75 Å². The molecule has 8 nitrogen and oxygen atoms in total. The monoisotopic (exact) mass is 392 g/mol. The second kappa shape index (κ2) is 8.77. The first-order chi connectivity index (χ1) is 13.1. The van der Waals surface area contributed by atoms with Crippen molar-refractivity contribution in [3.63, 3.8) is 0 Å². The Morgan fingerprint density at radius 3 is 2.59 bits per heavy atom. The zero-order valence-electron chi connectivity index (χ0n) is 15.0. The third-order valence-electron chi connectivity index (χ3n) is 4.11. The topological polar surface area (TPSA) is 76.9 Å². The Hall–Kier alpha value is -2.74. The van der Waals surface area contributed by atoms with E-state index in [1.165, 1.54) is 0 Å². The molecular formula is C18H21ClN4O4. The van der Waals surface area contributed by atoms with E-state index in [1.54, 1.807) is 57.9 Å². The summed E-state index contributed by atoms with van der Waals surface area (Å²) < 4.78 is 12.1. The van der Waals surface area contributed by atoms with E-state index in [0.29, 0.717) is 49.3 Å². The zero-order valence-corrected chi connectivity index (χ0v) is 15.8. The van der Waals surface area contributed by atoms with Crippen molar-refractivity contribution >= 4 is 23.6 Å². The number of benzene rings is 1. The van der Waals surface area contributed by atoms with Crippen LogP contribution in [0.3, 0.4) is 0 Å². The summed E-state index contributed by atoms with van der Waals surface area (Å²) in [6.07, 6.45) is 1.35. The van der Waals surface area contributed by atoms with E-state index in [-0.39, 0.29) is 18.7 Å². The van der Waals surface area contributed by atoms with Crippen molar-refractivity contribution in [1.82, 2.24) is 19.6 Å². The van der Waals surface area contributed by atoms with Crippen LogP contribution in [-0.2, 0) is 11.5 Å². The zero-order chi connectivity index (χ0) is 19.2. The van der Waals surface area contributed by atoms with Gasteiger partial charge in [-0.3, -0.25) is 4.79 Å². The molecule has 144 valence electrons. The second-order valence-corrected chi connectivity index (χ2v) is 6.39. The molecule has 0 spiro atoms. The maximum absolute atomic E-state index is 12.6. The quantitative estimate of drug-likeness (QED) is 0.781. The molecule has 1 aromatic heterocycles. The van der Waals surface area contributed by atoms with E-state index in [0.717, 1.165) is 0 Å². The summed E-state index contributed by atoms with van der Waals surface area (Å²) in [5.41, 5.74) is 0.342. The number of amides is 2. The Morgan fingerprint density at radius 2 is 1.89 bits per heavy atom. The maximum atomic E-state index is 12.6. The van der Waals surface area contributed by atoms with Crippen LogP contribution in [0.5, 0.6) is 5.75 Å². The summed E-state index contributed by atoms with van der Waals surface area (Å²) in [4.78, 5) is 27.6. The van der Waals surface area contributed by atoms with Gasteiger partial charge in [0.25, 0.3) is 5.91 Å². The minimum Gasteiger partial charge on any atom is -0.471 e. The van der Waals surface area contributed by atoms with Gasteiger partial charge in [0, 0.05) is 37.4 Å². The molecule has 0 N–H and O–H groups in total. The SMILES string of the molecule is CCOC(=O)N1CCN(C(=O)c2ccn(COc3cccc(Cl)c3)n2)CC1. The third-order valence-corrected chi connectivity index (χ3v) is 4.35. The van der Waals surface area contributed by atoms with Crippen LogP contribution in [-0.4, -0.2) is 64.4 Å². The Kier molecular flexibility index (Phi) is 6.18. The van der Waals surface area contributed by atoms with Gasteiger partial charge in [0.2, 0.25) is 0 Å². The summed E-state index contributed by atoms with van der Waals surface area (Å²) >= 11 is 5.92. The molecule has 3 rings (SSSR count). The summed E-state index contributed by atoms with van der Waals surface area (Å²) in [6, 6.07) is 8.72. The molecular weight excluding hydrogens is 372 g/mol. The smallest absolute Gasteiger partial charge is 0.409 e. The summed E-state index contributed by atoms with van der Waals surface area (Å²) in [7, 11) is 0. The Labute approximate surface area is 162 Å². The number of hydrogen-bond donors (Lipinski definition) is 0. The van der Waals surface area contributed by atoms with Gasteiger partial charge < -0.3 is 19.3 Å². The van der Waals surface area contributed by atoms with Crippen LogP contribution >= 0.6 is 11.6 Å². The Bertz CT molecular complexity index is 802. The van der Waals surface area contributed by atoms with Crippen LogP contribution < -0.4 is 4.74 Å². The van der Waals surface area contributed by atoms with Gasteiger partial charge in [-0.15, -0.1) is 0 Å². The summed E-state index contributed by atoms with van der Waals surface area (Å²) in [6.45, 7) is 4.07. The summed E-state index contributed by atoms with van der Waals surface area (Å²) in [5, 5.41) is 4.86. The van der Waals surface area contributed by atoms with Crippen molar-refractivity contribution in [1.29, 1.82) is 0 Å². The third kappa shape index (κ3) is 4.91. The second-order valence-electron chi connectivity index (χ2n) is 5.95. The van der Waals surface area contributed by atoms with E-state index >= 15 is 0 Å². The van der Waals surface area contributed by atoms with E-state index < -0.39 is 0 Å². The van der Waals surface area contributed by atoms with Crippen LogP contribution in [0.2, 0.25) is 5.02 Å². The molecule has 2 heterocycles. The molecule has 0 aliphatic carbocycles. The van der Waals surface area contributed by atoms with Crippen molar-refractivity contribution < 1.29 is 19.1 Å². The average molecular weight is 393 g/mol. The molecule has 9 heteroatoms. The van der Waals surface area contributed by atoms with Gasteiger partial charge >= 0.3 is 6.09 Å². The number of nitrogens with zero attached hydrogens (tertiary/aromatic N) is 4. The fraction of sp³-hybridized carbons (Fsp3) is 0.389.